The number of hydrogen-bond acceptors (Lipinski definition) is 3. The summed E-state index contributed by atoms with van der Waals surface area (Å²) in [7, 11) is 0. The molecule has 3 aliphatic rings. The minimum atomic E-state index is -2.84. The van der Waals surface area contributed by atoms with Crippen molar-refractivity contribution in [3.8, 4) is 0 Å². The fourth-order valence-electron chi connectivity index (χ4n) is 6.39. The van der Waals surface area contributed by atoms with Crippen molar-refractivity contribution < 1.29 is 27.6 Å². The van der Waals surface area contributed by atoms with Gasteiger partial charge in [0.15, 0.2) is 0 Å². The van der Waals surface area contributed by atoms with E-state index in [1.807, 2.05) is 0 Å². The third kappa shape index (κ3) is 5.54. The van der Waals surface area contributed by atoms with Crippen LogP contribution in [-0.2, 0) is 16.0 Å². The maximum atomic E-state index is 14.4. The summed E-state index contributed by atoms with van der Waals surface area (Å²) in [5.74, 6) is -3.72. The molecule has 2 fully saturated rings. The average molecular weight is 542 g/mol. The van der Waals surface area contributed by atoms with Crippen LogP contribution >= 0.6 is 0 Å². The van der Waals surface area contributed by atoms with Gasteiger partial charge in [0, 0.05) is 56.0 Å². The number of nitrogens with zero attached hydrogens (tertiary/aromatic N) is 3. The number of carbonyl (C=O) groups is 3. The van der Waals surface area contributed by atoms with E-state index in [2.05, 4.69) is 0 Å². The van der Waals surface area contributed by atoms with Crippen molar-refractivity contribution in [1.29, 1.82) is 0 Å². The van der Waals surface area contributed by atoms with Gasteiger partial charge in [-0.25, -0.2) is 18.0 Å². The molecule has 0 bridgehead atoms. The number of likely N-dealkylation sites (tertiary alicyclic amines) is 1. The van der Waals surface area contributed by atoms with E-state index in [4.69, 9.17) is 0 Å². The molecule has 0 radical (unpaired) electrons. The van der Waals surface area contributed by atoms with Crippen LogP contribution < -0.4 is 9.80 Å². The molecule has 2 aromatic rings. The average Bonchev–Trinajstić information content (AvgIpc) is 3.32. The number of halogens is 3. The Balaban J connectivity index is 1.32. The van der Waals surface area contributed by atoms with E-state index in [9.17, 15) is 27.6 Å². The van der Waals surface area contributed by atoms with Gasteiger partial charge in [-0.05, 0) is 68.9 Å². The highest BCUT2D eigenvalue weighted by Crippen LogP contribution is 2.41. The third-order valence-electron chi connectivity index (χ3n) is 8.68. The Morgan fingerprint density at radius 1 is 1.00 bits per heavy atom. The van der Waals surface area contributed by atoms with Crippen LogP contribution in [0, 0.1) is 11.2 Å². The highest BCUT2D eigenvalue weighted by molar-refractivity contribution is 5.98. The number of alkyl halides is 2. The maximum Gasteiger partial charge on any atom is 0.324 e. The molecule has 1 saturated carbocycles. The Hall–Kier alpha value is -3.36. The number of piperidine rings is 1. The van der Waals surface area contributed by atoms with E-state index in [0.29, 0.717) is 50.0 Å². The number of urea groups is 1. The lowest BCUT2D eigenvalue weighted by Gasteiger charge is -2.43. The number of amides is 3. The first kappa shape index (κ1) is 27.2. The van der Waals surface area contributed by atoms with E-state index in [1.54, 1.807) is 46.2 Å². The molecule has 0 spiro atoms. The Kier molecular flexibility index (Phi) is 7.44. The summed E-state index contributed by atoms with van der Waals surface area (Å²) in [6.07, 6.45) is 1.36. The Bertz CT molecular complexity index is 1240. The molecule has 0 unspecified atom stereocenters. The molecule has 39 heavy (non-hydrogen) atoms. The number of para-hydroxylation sites is 1. The zero-order chi connectivity index (χ0) is 27.8. The highest BCUT2D eigenvalue weighted by Gasteiger charge is 2.46. The van der Waals surface area contributed by atoms with Gasteiger partial charge in [-0.15, -0.1) is 0 Å². The molecule has 5 rings (SSSR count). The Morgan fingerprint density at radius 2 is 1.72 bits per heavy atom. The number of Topliss-reactive ketones (excluding diaryl/α,β-unsaturated/α-hetero) is 1. The van der Waals surface area contributed by atoms with Gasteiger partial charge in [-0.3, -0.25) is 14.5 Å². The summed E-state index contributed by atoms with van der Waals surface area (Å²) < 4.78 is 42.6. The summed E-state index contributed by atoms with van der Waals surface area (Å²) in [5.41, 5.74) is 1.06. The normalized spacial score (nSPS) is 21.8. The highest BCUT2D eigenvalue weighted by atomic mass is 19.3. The minimum absolute atomic E-state index is 0.0981. The van der Waals surface area contributed by atoms with Crippen LogP contribution in [0.3, 0.4) is 0 Å². The van der Waals surface area contributed by atoms with Crippen molar-refractivity contribution in [3.63, 3.8) is 0 Å². The van der Waals surface area contributed by atoms with Crippen LogP contribution in [0.15, 0.2) is 48.5 Å². The monoisotopic (exact) mass is 541 g/mol. The van der Waals surface area contributed by atoms with Gasteiger partial charge in [0.1, 0.15) is 11.6 Å². The van der Waals surface area contributed by atoms with E-state index in [-0.39, 0.29) is 43.7 Å². The number of hydrogen-bond donors (Lipinski definition) is 0. The molecule has 2 aliphatic heterocycles. The van der Waals surface area contributed by atoms with Crippen molar-refractivity contribution in [3.05, 3.63) is 59.9 Å². The number of benzene rings is 2. The fourth-order valence-corrected chi connectivity index (χ4v) is 6.39. The van der Waals surface area contributed by atoms with Gasteiger partial charge in [0.25, 0.3) is 0 Å². The lowest BCUT2D eigenvalue weighted by Crippen LogP contribution is -2.53. The van der Waals surface area contributed by atoms with E-state index in [0.717, 1.165) is 5.56 Å². The molecule has 3 amide bonds. The van der Waals surface area contributed by atoms with Gasteiger partial charge in [0.05, 0.1) is 5.69 Å². The second-order valence-corrected chi connectivity index (χ2v) is 11.2. The quantitative estimate of drug-likeness (QED) is 0.468. The van der Waals surface area contributed by atoms with Crippen LogP contribution in [-0.4, -0.2) is 54.2 Å². The first-order chi connectivity index (χ1) is 18.6. The van der Waals surface area contributed by atoms with Crippen LogP contribution in [0.25, 0.3) is 0 Å². The van der Waals surface area contributed by atoms with Crippen molar-refractivity contribution in [2.45, 2.75) is 70.3 Å². The summed E-state index contributed by atoms with van der Waals surface area (Å²) in [6.45, 7) is 2.48. The molecule has 208 valence electrons. The van der Waals surface area contributed by atoms with Crippen molar-refractivity contribution in [2.75, 3.05) is 29.4 Å². The molecule has 9 heteroatoms. The minimum Gasteiger partial charge on any atom is -0.324 e. The molecule has 1 saturated heterocycles. The standard InChI is InChI=1S/C30H34F3N3O3/c1-21(37)29(13-16-34(17-14-29)28(39)35-15-11-22-9-10-23(31)18-26(22)35)20-27(38)36(24-6-3-2-4-7-24)25-8-5-12-30(32,33)19-25/h2-4,6-7,9-10,18,25H,5,8,11-17,19-20H2,1H3/t25-/m1/s1. The van der Waals surface area contributed by atoms with Gasteiger partial charge >= 0.3 is 6.03 Å². The summed E-state index contributed by atoms with van der Waals surface area (Å²) in [4.78, 5) is 44.9. The first-order valence-electron chi connectivity index (χ1n) is 13.7. The second-order valence-electron chi connectivity index (χ2n) is 11.2. The van der Waals surface area contributed by atoms with Gasteiger partial charge in [0.2, 0.25) is 11.8 Å². The molecule has 0 aromatic heterocycles. The SMILES string of the molecule is CC(=O)C1(CC(=O)N(c2ccccc2)[C@@H]2CCCC(F)(F)C2)CCN(C(=O)N2CCc3ccc(F)cc32)CC1. The molecule has 1 aliphatic carbocycles. The van der Waals surface area contributed by atoms with Gasteiger partial charge < -0.3 is 9.80 Å². The Morgan fingerprint density at radius 3 is 2.38 bits per heavy atom. The van der Waals surface area contributed by atoms with Crippen molar-refractivity contribution >= 4 is 29.1 Å². The number of fused-ring (bicyclic) bond motifs is 1. The number of rotatable bonds is 5. The predicted molar refractivity (Wildman–Crippen MR) is 143 cm³/mol. The van der Waals surface area contributed by atoms with E-state index < -0.39 is 29.6 Å². The molecule has 6 nitrogen and oxygen atoms in total. The molecular formula is C30H34F3N3O3. The summed E-state index contributed by atoms with van der Waals surface area (Å²) in [5, 5.41) is 0. The van der Waals surface area contributed by atoms with Crippen LogP contribution in [0.4, 0.5) is 29.3 Å². The van der Waals surface area contributed by atoms with Crippen molar-refractivity contribution in [1.82, 2.24) is 4.90 Å². The molecule has 2 aromatic carbocycles. The Labute approximate surface area is 226 Å². The van der Waals surface area contributed by atoms with E-state index in [1.165, 1.54) is 24.0 Å². The maximum absolute atomic E-state index is 14.4. The van der Waals surface area contributed by atoms with Gasteiger partial charge in [-0.2, -0.15) is 0 Å². The number of anilines is 2. The smallest absolute Gasteiger partial charge is 0.324 e. The third-order valence-corrected chi connectivity index (χ3v) is 8.68. The molecular weight excluding hydrogens is 507 g/mol. The topological polar surface area (TPSA) is 60.9 Å². The zero-order valence-corrected chi connectivity index (χ0v) is 22.2. The second kappa shape index (κ2) is 10.7. The van der Waals surface area contributed by atoms with Crippen LogP contribution in [0.5, 0.6) is 0 Å². The molecule has 2 heterocycles. The fraction of sp³-hybridized carbons (Fsp3) is 0.500. The van der Waals surface area contributed by atoms with Crippen LogP contribution in [0.2, 0.25) is 0 Å². The van der Waals surface area contributed by atoms with Crippen LogP contribution in [0.1, 0.15) is 57.4 Å². The molecule has 0 N–H and O–H groups in total. The number of carbonyl (C=O) groups excluding carboxylic acids is 3. The summed E-state index contributed by atoms with van der Waals surface area (Å²) in [6, 6.07) is 12.4. The van der Waals surface area contributed by atoms with Crippen molar-refractivity contribution in [2.24, 2.45) is 5.41 Å². The molecule has 1 atom stereocenters. The summed E-state index contributed by atoms with van der Waals surface area (Å²) >= 11 is 0. The van der Waals surface area contributed by atoms with Gasteiger partial charge in [-0.1, -0.05) is 24.3 Å². The largest absolute Gasteiger partial charge is 0.324 e. The lowest BCUT2D eigenvalue weighted by molar-refractivity contribution is -0.135. The van der Waals surface area contributed by atoms with E-state index >= 15 is 0 Å². The number of ketones is 1. The lowest BCUT2D eigenvalue weighted by atomic mass is 9.72. The zero-order valence-electron chi connectivity index (χ0n) is 22.2. The first-order valence-corrected chi connectivity index (χ1v) is 13.7. The predicted octanol–water partition coefficient (Wildman–Crippen LogP) is 5.98.